The number of methoxy groups -OCH3 is 3. The van der Waals surface area contributed by atoms with E-state index in [4.69, 9.17) is 14.2 Å². The van der Waals surface area contributed by atoms with Crippen molar-refractivity contribution < 1.29 is 14.2 Å². The van der Waals surface area contributed by atoms with Crippen molar-refractivity contribution in [3.63, 3.8) is 0 Å². The fraction of sp³-hybridized carbons (Fsp3) is 0.400. The van der Waals surface area contributed by atoms with Crippen molar-refractivity contribution in [2.24, 2.45) is 7.05 Å². The summed E-state index contributed by atoms with van der Waals surface area (Å²) in [7, 11) is 6.79. The fourth-order valence-corrected chi connectivity index (χ4v) is 2.28. The average Bonchev–Trinajstić information content (AvgIpc) is 2.77. The van der Waals surface area contributed by atoms with Crippen LogP contribution in [-0.4, -0.2) is 31.1 Å². The van der Waals surface area contributed by atoms with Gasteiger partial charge in [-0.15, -0.1) is 0 Å². The van der Waals surface area contributed by atoms with Crippen molar-refractivity contribution in [1.82, 2.24) is 9.78 Å². The van der Waals surface area contributed by atoms with Crippen LogP contribution in [0.1, 0.15) is 11.3 Å². The summed E-state index contributed by atoms with van der Waals surface area (Å²) in [4.78, 5) is 0. The molecule has 0 spiro atoms. The number of rotatable bonds is 6. The summed E-state index contributed by atoms with van der Waals surface area (Å²) < 4.78 is 17.7. The molecule has 1 aromatic carbocycles. The molecule has 0 aliphatic rings. The SMILES string of the molecule is COc1ccc(OC)c(NCc2c(C)nn(C)c2OC)c1. The molecular formula is C15H21N3O3. The lowest BCUT2D eigenvalue weighted by molar-refractivity contribution is 0.369. The molecule has 21 heavy (non-hydrogen) atoms. The second-order valence-electron chi connectivity index (χ2n) is 4.62. The molecule has 0 aliphatic carbocycles. The predicted octanol–water partition coefficient (Wildman–Crippen LogP) is 2.37. The van der Waals surface area contributed by atoms with E-state index in [9.17, 15) is 0 Å². The summed E-state index contributed by atoms with van der Waals surface area (Å²) in [5.74, 6) is 2.28. The van der Waals surface area contributed by atoms with Gasteiger partial charge in [-0.25, -0.2) is 4.68 Å². The maximum Gasteiger partial charge on any atom is 0.216 e. The Morgan fingerprint density at radius 1 is 1.14 bits per heavy atom. The average molecular weight is 291 g/mol. The summed E-state index contributed by atoms with van der Waals surface area (Å²) >= 11 is 0. The zero-order chi connectivity index (χ0) is 15.4. The molecular weight excluding hydrogens is 270 g/mol. The van der Waals surface area contributed by atoms with Crippen LogP contribution in [0.4, 0.5) is 5.69 Å². The van der Waals surface area contributed by atoms with E-state index in [-0.39, 0.29) is 0 Å². The van der Waals surface area contributed by atoms with Crippen molar-refractivity contribution in [2.75, 3.05) is 26.6 Å². The van der Waals surface area contributed by atoms with E-state index in [1.165, 1.54) is 0 Å². The number of anilines is 1. The Labute approximate surface area is 124 Å². The van der Waals surface area contributed by atoms with Crippen LogP contribution < -0.4 is 19.5 Å². The minimum atomic E-state index is 0.590. The van der Waals surface area contributed by atoms with Gasteiger partial charge in [-0.3, -0.25) is 0 Å². The van der Waals surface area contributed by atoms with Gasteiger partial charge in [-0.2, -0.15) is 5.10 Å². The van der Waals surface area contributed by atoms with E-state index in [1.807, 2.05) is 32.2 Å². The Kier molecular flexibility index (Phi) is 4.57. The van der Waals surface area contributed by atoms with Gasteiger partial charge in [0.15, 0.2) is 0 Å². The Balaban J connectivity index is 2.23. The predicted molar refractivity (Wildman–Crippen MR) is 81.4 cm³/mol. The van der Waals surface area contributed by atoms with E-state index in [1.54, 1.807) is 26.0 Å². The third kappa shape index (κ3) is 3.04. The Hall–Kier alpha value is -2.37. The first-order valence-electron chi connectivity index (χ1n) is 6.63. The Morgan fingerprint density at radius 2 is 1.90 bits per heavy atom. The molecule has 0 saturated carbocycles. The van der Waals surface area contributed by atoms with Crippen LogP contribution in [-0.2, 0) is 13.6 Å². The first-order chi connectivity index (χ1) is 10.1. The second kappa shape index (κ2) is 6.39. The van der Waals surface area contributed by atoms with E-state index < -0.39 is 0 Å². The largest absolute Gasteiger partial charge is 0.497 e. The smallest absolute Gasteiger partial charge is 0.216 e. The number of aryl methyl sites for hydroxylation is 2. The third-order valence-corrected chi connectivity index (χ3v) is 3.34. The lowest BCUT2D eigenvalue weighted by Crippen LogP contribution is -2.04. The molecule has 0 atom stereocenters. The van der Waals surface area contributed by atoms with Crippen LogP contribution in [0.15, 0.2) is 18.2 Å². The maximum absolute atomic E-state index is 5.39. The van der Waals surface area contributed by atoms with Gasteiger partial charge in [-0.05, 0) is 19.1 Å². The van der Waals surface area contributed by atoms with Crippen molar-refractivity contribution in [3.8, 4) is 17.4 Å². The molecule has 0 radical (unpaired) electrons. The highest BCUT2D eigenvalue weighted by Gasteiger charge is 2.14. The minimum Gasteiger partial charge on any atom is -0.497 e. The third-order valence-electron chi connectivity index (χ3n) is 3.34. The van der Waals surface area contributed by atoms with Gasteiger partial charge < -0.3 is 19.5 Å². The molecule has 0 unspecified atom stereocenters. The zero-order valence-electron chi connectivity index (χ0n) is 13.1. The first-order valence-corrected chi connectivity index (χ1v) is 6.63. The van der Waals surface area contributed by atoms with Crippen molar-refractivity contribution in [1.29, 1.82) is 0 Å². The van der Waals surface area contributed by atoms with Gasteiger partial charge in [-0.1, -0.05) is 0 Å². The van der Waals surface area contributed by atoms with Crippen LogP contribution in [0, 0.1) is 6.92 Å². The number of benzene rings is 1. The van der Waals surface area contributed by atoms with Gasteiger partial charge >= 0.3 is 0 Å². The minimum absolute atomic E-state index is 0.590. The standard InChI is InChI=1S/C15H21N3O3/c1-10-12(15(21-5)18(2)17-10)9-16-13-8-11(19-3)6-7-14(13)20-4/h6-8,16H,9H2,1-5H3. The van der Waals surface area contributed by atoms with Gasteiger partial charge in [0, 0.05) is 19.7 Å². The first kappa shape index (κ1) is 15.0. The van der Waals surface area contributed by atoms with E-state index in [0.29, 0.717) is 6.54 Å². The summed E-state index contributed by atoms with van der Waals surface area (Å²) in [5.41, 5.74) is 2.82. The van der Waals surface area contributed by atoms with Gasteiger partial charge in [0.2, 0.25) is 5.88 Å². The lowest BCUT2D eigenvalue weighted by atomic mass is 10.2. The monoisotopic (exact) mass is 291 g/mol. The number of ether oxygens (including phenoxy) is 3. The number of nitrogens with zero attached hydrogens (tertiary/aromatic N) is 2. The van der Waals surface area contributed by atoms with E-state index in [0.717, 1.165) is 34.3 Å². The molecule has 0 aliphatic heterocycles. The summed E-state index contributed by atoms with van der Waals surface area (Å²) in [6.07, 6.45) is 0. The van der Waals surface area contributed by atoms with Crippen LogP contribution in [0.25, 0.3) is 0 Å². The molecule has 6 heteroatoms. The van der Waals surface area contributed by atoms with Crippen molar-refractivity contribution >= 4 is 5.69 Å². The van der Waals surface area contributed by atoms with Crippen LogP contribution in [0.3, 0.4) is 0 Å². The Bertz CT molecular complexity index is 623. The van der Waals surface area contributed by atoms with Crippen LogP contribution in [0.5, 0.6) is 17.4 Å². The molecule has 1 aromatic heterocycles. The maximum atomic E-state index is 5.39. The quantitative estimate of drug-likeness (QED) is 0.885. The molecule has 6 nitrogen and oxygen atoms in total. The molecule has 2 rings (SSSR count). The topological polar surface area (TPSA) is 57.5 Å². The highest BCUT2D eigenvalue weighted by atomic mass is 16.5. The highest BCUT2D eigenvalue weighted by molar-refractivity contribution is 5.60. The molecule has 0 saturated heterocycles. The molecule has 114 valence electrons. The summed E-state index contributed by atoms with van der Waals surface area (Å²) in [6.45, 7) is 2.55. The normalized spacial score (nSPS) is 10.3. The van der Waals surface area contributed by atoms with Gasteiger partial charge in [0.1, 0.15) is 11.5 Å². The van der Waals surface area contributed by atoms with Crippen molar-refractivity contribution in [2.45, 2.75) is 13.5 Å². The van der Waals surface area contributed by atoms with E-state index in [2.05, 4.69) is 10.4 Å². The summed E-state index contributed by atoms with van der Waals surface area (Å²) in [5, 5.41) is 7.71. The number of aromatic nitrogens is 2. The van der Waals surface area contributed by atoms with Gasteiger partial charge in [0.25, 0.3) is 0 Å². The molecule has 0 bridgehead atoms. The highest BCUT2D eigenvalue weighted by Crippen LogP contribution is 2.30. The fourth-order valence-electron chi connectivity index (χ4n) is 2.28. The number of nitrogens with one attached hydrogen (secondary N) is 1. The molecule has 2 aromatic rings. The van der Waals surface area contributed by atoms with E-state index >= 15 is 0 Å². The Morgan fingerprint density at radius 3 is 2.52 bits per heavy atom. The second-order valence-corrected chi connectivity index (χ2v) is 4.62. The summed E-state index contributed by atoms with van der Waals surface area (Å²) in [6, 6.07) is 5.63. The molecule has 1 N–H and O–H groups in total. The molecule has 1 heterocycles. The van der Waals surface area contributed by atoms with Crippen molar-refractivity contribution in [3.05, 3.63) is 29.5 Å². The zero-order valence-corrected chi connectivity index (χ0v) is 13.1. The van der Waals surface area contributed by atoms with Gasteiger partial charge in [0.05, 0.1) is 38.3 Å². The lowest BCUT2D eigenvalue weighted by Gasteiger charge is -2.13. The molecule has 0 fully saturated rings. The van der Waals surface area contributed by atoms with Crippen LogP contribution >= 0.6 is 0 Å². The molecule has 0 amide bonds. The number of hydrogen-bond acceptors (Lipinski definition) is 5. The number of hydrogen-bond donors (Lipinski definition) is 1. The van der Waals surface area contributed by atoms with Crippen LogP contribution in [0.2, 0.25) is 0 Å².